The molecule has 4 heteroatoms. The average Bonchev–Trinajstić information content (AvgIpc) is 2.61. The van der Waals surface area contributed by atoms with Gasteiger partial charge in [0.25, 0.3) is 0 Å². The van der Waals surface area contributed by atoms with Crippen LogP contribution < -0.4 is 5.73 Å². The summed E-state index contributed by atoms with van der Waals surface area (Å²) in [5.74, 6) is 1.98. The Morgan fingerprint density at radius 3 is 2.69 bits per heavy atom. The van der Waals surface area contributed by atoms with Gasteiger partial charge in [0.15, 0.2) is 5.82 Å². The number of allylic oxidation sites excluding steroid dienone is 1. The Kier molecular flexibility index (Phi) is 2.32. The fourth-order valence-electron chi connectivity index (χ4n) is 2.14. The highest BCUT2D eigenvalue weighted by molar-refractivity contribution is 5.38. The van der Waals surface area contributed by atoms with Crippen molar-refractivity contribution in [3.05, 3.63) is 17.8 Å². The van der Waals surface area contributed by atoms with Gasteiger partial charge in [0.1, 0.15) is 0 Å². The van der Waals surface area contributed by atoms with Crippen molar-refractivity contribution in [2.24, 2.45) is 11.7 Å². The minimum atomic E-state index is -0.313. The highest BCUT2D eigenvalue weighted by atomic mass is 16.5. The van der Waals surface area contributed by atoms with E-state index in [4.69, 9.17) is 10.3 Å². The Bertz CT molecular complexity index is 402. The van der Waals surface area contributed by atoms with E-state index in [-0.39, 0.29) is 5.54 Å². The molecular formula is C12H17N3O. The van der Waals surface area contributed by atoms with Crippen molar-refractivity contribution >= 4 is 6.08 Å². The van der Waals surface area contributed by atoms with Crippen LogP contribution in [0.15, 0.2) is 10.6 Å². The average molecular weight is 219 g/mol. The second kappa shape index (κ2) is 3.70. The number of nitrogens with zero attached hydrogens (tertiary/aromatic N) is 2. The van der Waals surface area contributed by atoms with Crippen molar-refractivity contribution in [3.8, 4) is 0 Å². The van der Waals surface area contributed by atoms with Crippen LogP contribution in [0.5, 0.6) is 0 Å². The molecule has 2 aliphatic carbocycles. The highest BCUT2D eigenvalue weighted by Gasteiger charge is 2.38. The molecule has 4 nitrogen and oxygen atoms in total. The smallest absolute Gasteiger partial charge is 0.250 e. The lowest BCUT2D eigenvalue weighted by Gasteiger charge is -2.34. The van der Waals surface area contributed by atoms with E-state index in [0.29, 0.717) is 17.6 Å². The molecule has 3 rings (SSSR count). The monoisotopic (exact) mass is 219 g/mol. The van der Waals surface area contributed by atoms with Gasteiger partial charge in [-0.25, -0.2) is 0 Å². The van der Waals surface area contributed by atoms with Crippen LogP contribution >= 0.6 is 0 Å². The molecule has 86 valence electrons. The van der Waals surface area contributed by atoms with E-state index < -0.39 is 0 Å². The maximum Gasteiger partial charge on any atom is 0.250 e. The quantitative estimate of drug-likeness (QED) is 0.846. The molecule has 0 saturated heterocycles. The molecule has 2 N–H and O–H groups in total. The summed E-state index contributed by atoms with van der Waals surface area (Å²) in [6.07, 6.45) is 11.1. The second-order valence-corrected chi connectivity index (χ2v) is 5.02. The first-order chi connectivity index (χ1) is 7.76. The van der Waals surface area contributed by atoms with Crippen LogP contribution in [0.3, 0.4) is 0 Å². The summed E-state index contributed by atoms with van der Waals surface area (Å²) in [5, 5.41) is 3.97. The summed E-state index contributed by atoms with van der Waals surface area (Å²) in [7, 11) is 0. The normalized spacial score (nSPS) is 24.3. The van der Waals surface area contributed by atoms with Crippen molar-refractivity contribution in [2.45, 2.75) is 44.1 Å². The van der Waals surface area contributed by atoms with Crippen molar-refractivity contribution < 1.29 is 4.52 Å². The van der Waals surface area contributed by atoms with Gasteiger partial charge in [0, 0.05) is 0 Å². The molecule has 0 spiro atoms. The Morgan fingerprint density at radius 1 is 1.31 bits per heavy atom. The van der Waals surface area contributed by atoms with Gasteiger partial charge in [-0.2, -0.15) is 4.98 Å². The number of hydrogen-bond acceptors (Lipinski definition) is 4. The number of hydrogen-bond donors (Lipinski definition) is 1. The molecule has 1 aromatic rings. The van der Waals surface area contributed by atoms with E-state index in [1.165, 1.54) is 19.3 Å². The SMILES string of the molecule is NC1(c2noc(/C=C/C3CCC3)n2)CCC1. The predicted molar refractivity (Wildman–Crippen MR) is 60.4 cm³/mol. The summed E-state index contributed by atoms with van der Waals surface area (Å²) < 4.78 is 5.18. The zero-order valence-corrected chi connectivity index (χ0v) is 9.35. The summed E-state index contributed by atoms with van der Waals surface area (Å²) in [6.45, 7) is 0. The third-order valence-electron chi connectivity index (χ3n) is 3.79. The fraction of sp³-hybridized carbons (Fsp3) is 0.667. The van der Waals surface area contributed by atoms with E-state index in [2.05, 4.69) is 16.2 Å². The van der Waals surface area contributed by atoms with E-state index in [0.717, 1.165) is 19.3 Å². The zero-order chi connectivity index (χ0) is 11.0. The zero-order valence-electron chi connectivity index (χ0n) is 9.35. The van der Waals surface area contributed by atoms with Gasteiger partial charge in [0.2, 0.25) is 5.89 Å². The molecule has 2 aliphatic rings. The maximum absolute atomic E-state index is 6.12. The third kappa shape index (κ3) is 1.67. The molecule has 16 heavy (non-hydrogen) atoms. The molecule has 0 aromatic carbocycles. The van der Waals surface area contributed by atoms with Gasteiger partial charge < -0.3 is 10.3 Å². The fourth-order valence-corrected chi connectivity index (χ4v) is 2.14. The molecular weight excluding hydrogens is 202 g/mol. The molecule has 0 amide bonds. The Morgan fingerprint density at radius 2 is 2.12 bits per heavy atom. The van der Waals surface area contributed by atoms with E-state index in [1.807, 2.05) is 6.08 Å². The maximum atomic E-state index is 6.12. The molecule has 1 heterocycles. The molecule has 2 saturated carbocycles. The molecule has 0 atom stereocenters. The lowest BCUT2D eigenvalue weighted by Crippen LogP contribution is -2.44. The van der Waals surface area contributed by atoms with Gasteiger partial charge in [-0.15, -0.1) is 0 Å². The van der Waals surface area contributed by atoms with Crippen LogP contribution in [0.25, 0.3) is 6.08 Å². The minimum Gasteiger partial charge on any atom is -0.335 e. The Balaban J connectivity index is 1.69. The van der Waals surface area contributed by atoms with Crippen molar-refractivity contribution in [2.75, 3.05) is 0 Å². The first kappa shape index (κ1) is 10.0. The van der Waals surface area contributed by atoms with E-state index in [9.17, 15) is 0 Å². The molecule has 0 unspecified atom stereocenters. The van der Waals surface area contributed by atoms with Gasteiger partial charge in [-0.1, -0.05) is 17.7 Å². The van der Waals surface area contributed by atoms with Crippen LogP contribution in [-0.2, 0) is 5.54 Å². The molecule has 2 fully saturated rings. The van der Waals surface area contributed by atoms with Crippen LogP contribution in [0.2, 0.25) is 0 Å². The molecule has 1 aromatic heterocycles. The topological polar surface area (TPSA) is 64.9 Å². The number of rotatable bonds is 3. The predicted octanol–water partition coefficient (Wildman–Crippen LogP) is 2.22. The molecule has 0 bridgehead atoms. The van der Waals surface area contributed by atoms with Crippen molar-refractivity contribution in [3.63, 3.8) is 0 Å². The van der Waals surface area contributed by atoms with E-state index in [1.54, 1.807) is 0 Å². The molecule has 0 aliphatic heterocycles. The van der Waals surface area contributed by atoms with Crippen molar-refractivity contribution in [1.82, 2.24) is 10.1 Å². The summed E-state index contributed by atoms with van der Waals surface area (Å²) in [6, 6.07) is 0. The minimum absolute atomic E-state index is 0.313. The number of aromatic nitrogens is 2. The summed E-state index contributed by atoms with van der Waals surface area (Å²) >= 11 is 0. The van der Waals surface area contributed by atoms with Crippen LogP contribution in [0.1, 0.15) is 50.2 Å². The highest BCUT2D eigenvalue weighted by Crippen LogP contribution is 2.37. The third-order valence-corrected chi connectivity index (χ3v) is 3.79. The van der Waals surface area contributed by atoms with Crippen LogP contribution in [0.4, 0.5) is 0 Å². The first-order valence-corrected chi connectivity index (χ1v) is 6.08. The van der Waals surface area contributed by atoms with Gasteiger partial charge in [-0.05, 0) is 44.1 Å². The summed E-state index contributed by atoms with van der Waals surface area (Å²) in [5.41, 5.74) is 5.81. The standard InChI is InChI=1S/C12H17N3O/c13-12(7-2-8-12)11-14-10(16-15-11)6-5-9-3-1-4-9/h5-6,9H,1-4,7-8,13H2/b6-5+. The first-order valence-electron chi connectivity index (χ1n) is 6.08. The Labute approximate surface area is 94.9 Å². The summed E-state index contributed by atoms with van der Waals surface area (Å²) in [4.78, 5) is 4.34. The van der Waals surface area contributed by atoms with Gasteiger partial charge >= 0.3 is 0 Å². The lowest BCUT2D eigenvalue weighted by molar-refractivity contribution is 0.229. The van der Waals surface area contributed by atoms with Gasteiger partial charge in [0.05, 0.1) is 5.54 Å². The van der Waals surface area contributed by atoms with Gasteiger partial charge in [-0.3, -0.25) is 0 Å². The Hall–Kier alpha value is -1.16. The lowest BCUT2D eigenvalue weighted by atomic mass is 9.77. The largest absolute Gasteiger partial charge is 0.335 e. The van der Waals surface area contributed by atoms with Crippen LogP contribution in [0, 0.1) is 5.92 Å². The number of nitrogens with two attached hydrogens (primary N) is 1. The molecule has 0 radical (unpaired) electrons. The second-order valence-electron chi connectivity index (χ2n) is 5.02. The van der Waals surface area contributed by atoms with Crippen LogP contribution in [-0.4, -0.2) is 10.1 Å². The van der Waals surface area contributed by atoms with Crippen molar-refractivity contribution in [1.29, 1.82) is 0 Å². The van der Waals surface area contributed by atoms with E-state index >= 15 is 0 Å².